The molecule has 2 heteroatoms. The van der Waals surface area contributed by atoms with Crippen LogP contribution in [0.3, 0.4) is 0 Å². The Balaban J connectivity index is 2.55. The lowest BCUT2D eigenvalue weighted by Gasteiger charge is -2.08. The van der Waals surface area contributed by atoms with Crippen LogP contribution in [0.2, 0.25) is 0 Å². The molecule has 18 heavy (non-hydrogen) atoms. The zero-order valence-electron chi connectivity index (χ0n) is 9.93. The lowest BCUT2D eigenvalue weighted by molar-refractivity contribution is 0.469. The fraction of sp³-hybridized carbons (Fsp3) is 0. The number of phenolic OH excluding ortho intramolecular Hbond substituents is 2. The average molecular weight is 238 g/mol. The van der Waals surface area contributed by atoms with Gasteiger partial charge in [-0.05, 0) is 35.4 Å². The van der Waals surface area contributed by atoms with Gasteiger partial charge in [0, 0.05) is 11.1 Å². The summed E-state index contributed by atoms with van der Waals surface area (Å²) in [6, 6.07) is 10.4. The van der Waals surface area contributed by atoms with Gasteiger partial charge in [-0.2, -0.15) is 0 Å². The summed E-state index contributed by atoms with van der Waals surface area (Å²) in [5.41, 5.74) is 2.85. The normalized spacial score (nSPS) is 10.0. The zero-order valence-corrected chi connectivity index (χ0v) is 9.93. The molecule has 0 spiro atoms. The van der Waals surface area contributed by atoms with E-state index in [-0.39, 0.29) is 11.5 Å². The molecule has 2 nitrogen and oxygen atoms in total. The molecule has 0 aliphatic rings. The predicted molar refractivity (Wildman–Crippen MR) is 75.4 cm³/mol. The largest absolute Gasteiger partial charge is 0.507 e. The third kappa shape index (κ3) is 2.13. The fourth-order valence-corrected chi connectivity index (χ4v) is 1.81. The van der Waals surface area contributed by atoms with Gasteiger partial charge in [0.2, 0.25) is 0 Å². The molecule has 0 atom stereocenters. The lowest BCUT2D eigenvalue weighted by atomic mass is 10.00. The van der Waals surface area contributed by atoms with Gasteiger partial charge in [0.05, 0.1) is 0 Å². The number of aromatic hydroxyl groups is 2. The summed E-state index contributed by atoms with van der Waals surface area (Å²) in [6.07, 6.45) is 3.31. The Hall–Kier alpha value is -2.48. The summed E-state index contributed by atoms with van der Waals surface area (Å²) >= 11 is 0. The van der Waals surface area contributed by atoms with Crippen LogP contribution < -0.4 is 0 Å². The van der Waals surface area contributed by atoms with Gasteiger partial charge in [-0.1, -0.05) is 37.4 Å². The minimum absolute atomic E-state index is 0.119. The fourth-order valence-electron chi connectivity index (χ4n) is 1.81. The number of rotatable bonds is 3. The maximum Gasteiger partial charge on any atom is 0.124 e. The van der Waals surface area contributed by atoms with Crippen LogP contribution in [0.25, 0.3) is 23.3 Å². The van der Waals surface area contributed by atoms with Crippen molar-refractivity contribution >= 4 is 12.2 Å². The van der Waals surface area contributed by atoms with E-state index < -0.39 is 0 Å². The summed E-state index contributed by atoms with van der Waals surface area (Å²) in [7, 11) is 0. The van der Waals surface area contributed by atoms with E-state index in [0.717, 1.165) is 11.1 Å². The highest BCUT2D eigenvalue weighted by molar-refractivity contribution is 5.77. The molecule has 0 amide bonds. The molecule has 90 valence electrons. The van der Waals surface area contributed by atoms with Gasteiger partial charge < -0.3 is 10.2 Å². The summed E-state index contributed by atoms with van der Waals surface area (Å²) in [6.45, 7) is 7.29. The van der Waals surface area contributed by atoms with Gasteiger partial charge in [0.25, 0.3) is 0 Å². The summed E-state index contributed by atoms with van der Waals surface area (Å²) in [4.78, 5) is 0. The highest BCUT2D eigenvalue weighted by Crippen LogP contribution is 2.36. The van der Waals surface area contributed by atoms with Crippen molar-refractivity contribution in [2.45, 2.75) is 0 Å². The molecule has 2 aromatic rings. The first-order valence-corrected chi connectivity index (χ1v) is 5.57. The standard InChI is InChI=1S/C16H14O2/c1-3-11-5-7-13(15(17)9-11)14-8-6-12(4-2)10-16(14)18/h3-10,17-18H,1-2H2. The van der Waals surface area contributed by atoms with Crippen molar-refractivity contribution in [3.05, 3.63) is 60.7 Å². The van der Waals surface area contributed by atoms with E-state index >= 15 is 0 Å². The first-order chi connectivity index (χ1) is 8.65. The lowest BCUT2D eigenvalue weighted by Crippen LogP contribution is -1.83. The number of benzene rings is 2. The van der Waals surface area contributed by atoms with Crippen LogP contribution in [0.5, 0.6) is 11.5 Å². The topological polar surface area (TPSA) is 40.5 Å². The third-order valence-electron chi connectivity index (χ3n) is 2.81. The van der Waals surface area contributed by atoms with Crippen molar-refractivity contribution in [3.8, 4) is 22.6 Å². The van der Waals surface area contributed by atoms with E-state index in [1.807, 2.05) is 12.1 Å². The summed E-state index contributed by atoms with van der Waals surface area (Å²) in [5, 5.41) is 19.9. The average Bonchev–Trinajstić information content (AvgIpc) is 2.39. The minimum atomic E-state index is 0.119. The van der Waals surface area contributed by atoms with Crippen LogP contribution in [0, 0.1) is 0 Å². The highest BCUT2D eigenvalue weighted by Gasteiger charge is 2.09. The molecule has 0 aliphatic heterocycles. The van der Waals surface area contributed by atoms with Crippen molar-refractivity contribution < 1.29 is 10.2 Å². The van der Waals surface area contributed by atoms with E-state index in [2.05, 4.69) is 13.2 Å². The summed E-state index contributed by atoms with van der Waals surface area (Å²) < 4.78 is 0. The van der Waals surface area contributed by atoms with Gasteiger partial charge in [-0.3, -0.25) is 0 Å². The summed E-state index contributed by atoms with van der Waals surface area (Å²) in [5.74, 6) is 0.239. The second-order valence-electron chi connectivity index (χ2n) is 3.96. The van der Waals surface area contributed by atoms with Crippen LogP contribution in [0.15, 0.2) is 49.6 Å². The molecule has 0 aromatic heterocycles. The van der Waals surface area contributed by atoms with Crippen LogP contribution in [-0.2, 0) is 0 Å². The molecule has 0 saturated carbocycles. The Labute approximate surface area is 106 Å². The maximum atomic E-state index is 9.95. The first-order valence-electron chi connectivity index (χ1n) is 5.57. The van der Waals surface area contributed by atoms with Crippen LogP contribution in [-0.4, -0.2) is 10.2 Å². The third-order valence-corrected chi connectivity index (χ3v) is 2.81. The second kappa shape index (κ2) is 4.80. The molecule has 2 N–H and O–H groups in total. The van der Waals surface area contributed by atoms with Gasteiger partial charge in [-0.25, -0.2) is 0 Å². The van der Waals surface area contributed by atoms with E-state index in [1.165, 1.54) is 0 Å². The highest BCUT2D eigenvalue weighted by atomic mass is 16.3. The van der Waals surface area contributed by atoms with Gasteiger partial charge in [0.15, 0.2) is 0 Å². The van der Waals surface area contributed by atoms with Crippen LogP contribution in [0.4, 0.5) is 0 Å². The zero-order chi connectivity index (χ0) is 13.1. The molecule has 0 radical (unpaired) electrons. The molecule has 0 unspecified atom stereocenters. The van der Waals surface area contributed by atoms with Crippen molar-refractivity contribution in [1.82, 2.24) is 0 Å². The van der Waals surface area contributed by atoms with Crippen molar-refractivity contribution in [2.24, 2.45) is 0 Å². The minimum Gasteiger partial charge on any atom is -0.507 e. The molecule has 0 aliphatic carbocycles. The Morgan fingerprint density at radius 3 is 1.39 bits per heavy atom. The van der Waals surface area contributed by atoms with E-state index in [0.29, 0.717) is 11.1 Å². The quantitative estimate of drug-likeness (QED) is 0.846. The van der Waals surface area contributed by atoms with E-state index in [4.69, 9.17) is 0 Å². The first kappa shape index (κ1) is 12.0. The van der Waals surface area contributed by atoms with Crippen LogP contribution >= 0.6 is 0 Å². The van der Waals surface area contributed by atoms with Gasteiger partial charge in [-0.15, -0.1) is 0 Å². The van der Waals surface area contributed by atoms with Gasteiger partial charge >= 0.3 is 0 Å². The number of phenols is 2. The monoisotopic (exact) mass is 238 g/mol. The Morgan fingerprint density at radius 2 is 1.11 bits per heavy atom. The van der Waals surface area contributed by atoms with Crippen molar-refractivity contribution in [1.29, 1.82) is 0 Å². The van der Waals surface area contributed by atoms with Crippen molar-refractivity contribution in [3.63, 3.8) is 0 Å². The second-order valence-corrected chi connectivity index (χ2v) is 3.96. The molecule has 0 fully saturated rings. The van der Waals surface area contributed by atoms with E-state index in [9.17, 15) is 10.2 Å². The predicted octanol–water partition coefficient (Wildman–Crippen LogP) is 4.05. The molecule has 0 heterocycles. The Bertz CT molecular complexity index is 557. The van der Waals surface area contributed by atoms with Crippen molar-refractivity contribution in [2.75, 3.05) is 0 Å². The number of hydrogen-bond acceptors (Lipinski definition) is 2. The smallest absolute Gasteiger partial charge is 0.124 e. The molecule has 0 bridgehead atoms. The molecular weight excluding hydrogens is 224 g/mol. The Morgan fingerprint density at radius 1 is 0.722 bits per heavy atom. The maximum absolute atomic E-state index is 9.95. The molecule has 0 saturated heterocycles. The number of hydrogen-bond donors (Lipinski definition) is 2. The Kier molecular flexibility index (Phi) is 3.20. The SMILES string of the molecule is C=Cc1ccc(-c2ccc(C=C)cc2O)c(O)c1. The molecule has 2 rings (SSSR count). The van der Waals surface area contributed by atoms with Crippen LogP contribution in [0.1, 0.15) is 11.1 Å². The van der Waals surface area contributed by atoms with E-state index in [1.54, 1.807) is 36.4 Å². The molecular formula is C16H14O2. The van der Waals surface area contributed by atoms with Gasteiger partial charge in [0.1, 0.15) is 11.5 Å². The molecule has 2 aromatic carbocycles.